The van der Waals surface area contributed by atoms with Crippen LogP contribution in [0, 0.1) is 0 Å². The van der Waals surface area contributed by atoms with Gasteiger partial charge in [0.05, 0.1) is 16.4 Å². The van der Waals surface area contributed by atoms with Crippen LogP contribution in [-0.2, 0) is 5.41 Å². The molecule has 3 nitrogen and oxygen atoms in total. The van der Waals surface area contributed by atoms with Crippen LogP contribution in [0.15, 0.2) is 18.3 Å². The second-order valence-corrected chi connectivity index (χ2v) is 6.12. The first-order chi connectivity index (χ1) is 8.34. The molecule has 0 radical (unpaired) electrons. The Labute approximate surface area is 113 Å². The number of nitrogens with zero attached hydrogens (tertiary/aromatic N) is 2. The lowest BCUT2D eigenvalue weighted by Crippen LogP contribution is -2.20. The van der Waals surface area contributed by atoms with E-state index in [0.717, 1.165) is 23.5 Å². The molecule has 98 valence electrons. The lowest BCUT2D eigenvalue weighted by molar-refractivity contribution is 0.545. The van der Waals surface area contributed by atoms with Crippen LogP contribution in [0.3, 0.4) is 0 Å². The Balaban J connectivity index is 2.78. The van der Waals surface area contributed by atoms with Gasteiger partial charge in [0.1, 0.15) is 5.65 Å². The zero-order valence-corrected chi connectivity index (χ0v) is 12.1. The molecule has 0 bridgehead atoms. The van der Waals surface area contributed by atoms with E-state index in [1.165, 1.54) is 0 Å². The van der Waals surface area contributed by atoms with Gasteiger partial charge in [-0.1, -0.05) is 39.3 Å². The molecule has 1 atom stereocenters. The molecule has 2 N–H and O–H groups in total. The summed E-state index contributed by atoms with van der Waals surface area (Å²) in [5, 5.41) is 0.699. The summed E-state index contributed by atoms with van der Waals surface area (Å²) in [5.41, 5.74) is 9.25. The van der Waals surface area contributed by atoms with Gasteiger partial charge in [0, 0.05) is 17.7 Å². The van der Waals surface area contributed by atoms with Crippen molar-refractivity contribution in [1.82, 2.24) is 9.38 Å². The standard InChI is InChI=1S/C14H20ClN3/c1-5-10(16)12-13(14(2,3)4)17-11-7-6-9(15)8-18(11)12/h6-8,10H,5,16H2,1-4H3. The molecule has 2 aromatic rings. The van der Waals surface area contributed by atoms with E-state index in [0.29, 0.717) is 5.02 Å². The summed E-state index contributed by atoms with van der Waals surface area (Å²) in [6, 6.07) is 3.77. The summed E-state index contributed by atoms with van der Waals surface area (Å²) in [5.74, 6) is 0. The number of imidazole rings is 1. The van der Waals surface area contributed by atoms with E-state index in [1.54, 1.807) is 0 Å². The van der Waals surface area contributed by atoms with E-state index in [-0.39, 0.29) is 11.5 Å². The molecule has 1 unspecified atom stereocenters. The van der Waals surface area contributed by atoms with Crippen molar-refractivity contribution >= 4 is 17.2 Å². The predicted molar refractivity (Wildman–Crippen MR) is 76.1 cm³/mol. The summed E-state index contributed by atoms with van der Waals surface area (Å²) in [6.45, 7) is 8.55. The molecule has 0 spiro atoms. The molecule has 2 aromatic heterocycles. The lowest BCUT2D eigenvalue weighted by Gasteiger charge is -2.20. The van der Waals surface area contributed by atoms with Gasteiger partial charge in [0.15, 0.2) is 0 Å². The zero-order chi connectivity index (χ0) is 13.5. The van der Waals surface area contributed by atoms with E-state index >= 15 is 0 Å². The van der Waals surface area contributed by atoms with Gasteiger partial charge in [-0.2, -0.15) is 0 Å². The first-order valence-electron chi connectivity index (χ1n) is 6.28. The molecule has 0 aliphatic rings. The van der Waals surface area contributed by atoms with E-state index in [9.17, 15) is 0 Å². The van der Waals surface area contributed by atoms with Crippen molar-refractivity contribution in [3.8, 4) is 0 Å². The fourth-order valence-corrected chi connectivity index (χ4v) is 2.30. The largest absolute Gasteiger partial charge is 0.323 e. The molecule has 0 aromatic carbocycles. The fraction of sp³-hybridized carbons (Fsp3) is 0.500. The summed E-state index contributed by atoms with van der Waals surface area (Å²) in [7, 11) is 0. The third-order valence-electron chi connectivity index (χ3n) is 3.12. The van der Waals surface area contributed by atoms with Crippen molar-refractivity contribution in [3.05, 3.63) is 34.7 Å². The average molecular weight is 266 g/mol. The summed E-state index contributed by atoms with van der Waals surface area (Å²) < 4.78 is 2.02. The molecular weight excluding hydrogens is 246 g/mol. The lowest BCUT2D eigenvalue weighted by atomic mass is 9.89. The van der Waals surface area contributed by atoms with Crippen molar-refractivity contribution in [1.29, 1.82) is 0 Å². The van der Waals surface area contributed by atoms with Crippen LogP contribution in [0.2, 0.25) is 5.02 Å². The van der Waals surface area contributed by atoms with Gasteiger partial charge in [-0.15, -0.1) is 0 Å². The second kappa shape index (κ2) is 4.56. The first kappa shape index (κ1) is 13.4. The quantitative estimate of drug-likeness (QED) is 0.900. The number of pyridine rings is 1. The molecule has 0 saturated heterocycles. The van der Waals surface area contributed by atoms with Gasteiger partial charge in [-0.25, -0.2) is 4.98 Å². The van der Waals surface area contributed by atoms with Gasteiger partial charge in [-0.05, 0) is 18.6 Å². The molecule has 0 aliphatic heterocycles. The average Bonchev–Trinajstić information content (AvgIpc) is 2.66. The van der Waals surface area contributed by atoms with Crippen LogP contribution in [0.5, 0.6) is 0 Å². The zero-order valence-electron chi connectivity index (χ0n) is 11.4. The molecule has 2 heterocycles. The van der Waals surface area contributed by atoms with Crippen LogP contribution in [0.1, 0.15) is 51.5 Å². The van der Waals surface area contributed by atoms with Crippen LogP contribution >= 0.6 is 11.6 Å². The molecular formula is C14H20ClN3. The van der Waals surface area contributed by atoms with E-state index in [1.807, 2.05) is 22.7 Å². The maximum absolute atomic E-state index is 6.25. The van der Waals surface area contributed by atoms with Gasteiger partial charge in [0.2, 0.25) is 0 Å². The number of halogens is 1. The summed E-state index contributed by atoms with van der Waals surface area (Å²) >= 11 is 6.07. The molecule has 4 heteroatoms. The Morgan fingerprint density at radius 3 is 2.61 bits per heavy atom. The van der Waals surface area contributed by atoms with Crippen molar-refractivity contribution in [2.75, 3.05) is 0 Å². The summed E-state index contributed by atoms with van der Waals surface area (Å²) in [4.78, 5) is 4.72. The van der Waals surface area contributed by atoms with E-state index in [2.05, 4.69) is 27.7 Å². The molecule has 18 heavy (non-hydrogen) atoms. The predicted octanol–water partition coefficient (Wildman–Crippen LogP) is 3.70. The molecule has 2 rings (SSSR count). The van der Waals surface area contributed by atoms with Gasteiger partial charge in [-0.3, -0.25) is 0 Å². The highest BCUT2D eigenvalue weighted by Gasteiger charge is 2.26. The number of hydrogen-bond acceptors (Lipinski definition) is 2. The Morgan fingerprint density at radius 2 is 2.06 bits per heavy atom. The maximum atomic E-state index is 6.25. The SMILES string of the molecule is CCC(N)c1c(C(C)(C)C)nc2ccc(Cl)cn12. The Morgan fingerprint density at radius 1 is 1.39 bits per heavy atom. The van der Waals surface area contributed by atoms with Gasteiger partial charge >= 0.3 is 0 Å². The molecule has 0 saturated carbocycles. The fourth-order valence-electron chi connectivity index (χ4n) is 2.14. The highest BCUT2D eigenvalue weighted by atomic mass is 35.5. The van der Waals surface area contributed by atoms with Crippen molar-refractivity contribution < 1.29 is 0 Å². The van der Waals surface area contributed by atoms with E-state index < -0.39 is 0 Å². The van der Waals surface area contributed by atoms with Crippen LogP contribution < -0.4 is 5.73 Å². The third-order valence-corrected chi connectivity index (χ3v) is 3.34. The number of hydrogen-bond donors (Lipinski definition) is 1. The Hall–Kier alpha value is -1.06. The summed E-state index contributed by atoms with van der Waals surface area (Å²) in [6.07, 6.45) is 2.77. The van der Waals surface area contributed by atoms with Crippen LogP contribution in [-0.4, -0.2) is 9.38 Å². The number of aromatic nitrogens is 2. The minimum atomic E-state index is -0.0272. The van der Waals surface area contributed by atoms with E-state index in [4.69, 9.17) is 22.3 Å². The number of rotatable bonds is 2. The van der Waals surface area contributed by atoms with Crippen molar-refractivity contribution in [2.24, 2.45) is 5.73 Å². The number of nitrogens with two attached hydrogens (primary N) is 1. The first-order valence-corrected chi connectivity index (χ1v) is 6.66. The van der Waals surface area contributed by atoms with Crippen molar-refractivity contribution in [2.45, 2.75) is 45.6 Å². The van der Waals surface area contributed by atoms with Gasteiger partial charge < -0.3 is 10.1 Å². The second-order valence-electron chi connectivity index (χ2n) is 5.69. The van der Waals surface area contributed by atoms with Gasteiger partial charge in [0.25, 0.3) is 0 Å². The Kier molecular flexibility index (Phi) is 3.39. The number of fused-ring (bicyclic) bond motifs is 1. The minimum absolute atomic E-state index is 0.0207. The maximum Gasteiger partial charge on any atom is 0.137 e. The highest BCUT2D eigenvalue weighted by molar-refractivity contribution is 6.30. The molecule has 0 aliphatic carbocycles. The Bertz CT molecular complexity index is 566. The van der Waals surface area contributed by atoms with Crippen molar-refractivity contribution in [3.63, 3.8) is 0 Å². The minimum Gasteiger partial charge on any atom is -0.323 e. The highest BCUT2D eigenvalue weighted by Crippen LogP contribution is 2.31. The van der Waals surface area contributed by atoms with Crippen LogP contribution in [0.4, 0.5) is 0 Å². The van der Waals surface area contributed by atoms with Crippen LogP contribution in [0.25, 0.3) is 5.65 Å². The normalized spacial score (nSPS) is 14.1. The smallest absolute Gasteiger partial charge is 0.137 e. The topological polar surface area (TPSA) is 43.3 Å². The molecule has 0 fully saturated rings. The molecule has 0 amide bonds. The monoisotopic (exact) mass is 265 g/mol. The third kappa shape index (κ3) is 2.25.